The van der Waals surface area contributed by atoms with E-state index in [1.807, 2.05) is 42.5 Å². The highest BCUT2D eigenvalue weighted by Gasteiger charge is 2.14. The van der Waals surface area contributed by atoms with E-state index in [9.17, 15) is 4.79 Å². The molecule has 0 aromatic heterocycles. The maximum Gasteiger partial charge on any atom is 0.253 e. The van der Waals surface area contributed by atoms with Crippen molar-refractivity contribution in [2.24, 2.45) is 10.9 Å². The second-order valence-electron chi connectivity index (χ2n) is 7.56. The summed E-state index contributed by atoms with van der Waals surface area (Å²) in [5.74, 6) is 1.22. The lowest BCUT2D eigenvalue weighted by Crippen LogP contribution is -2.44. The molecule has 6 nitrogen and oxygen atoms in total. The summed E-state index contributed by atoms with van der Waals surface area (Å²) in [5.41, 5.74) is 2.89. The Labute approximate surface area is 197 Å². The van der Waals surface area contributed by atoms with Crippen LogP contribution >= 0.6 is 24.0 Å². The van der Waals surface area contributed by atoms with Gasteiger partial charge in [0.15, 0.2) is 5.96 Å². The van der Waals surface area contributed by atoms with Gasteiger partial charge in [0, 0.05) is 51.5 Å². The molecule has 30 heavy (non-hydrogen) atoms. The first-order valence-electron chi connectivity index (χ1n) is 9.97. The number of anilines is 1. The molecule has 0 aliphatic rings. The Morgan fingerprint density at radius 3 is 2.17 bits per heavy atom. The second kappa shape index (κ2) is 13.1. The Hall–Kier alpha value is -2.29. The molecule has 2 aromatic rings. The minimum Gasteiger partial charge on any atom is -0.380 e. The monoisotopic (exact) mass is 523 g/mol. The van der Waals surface area contributed by atoms with Gasteiger partial charge in [0.25, 0.3) is 5.91 Å². The van der Waals surface area contributed by atoms with Crippen molar-refractivity contribution in [2.45, 2.75) is 26.4 Å². The van der Waals surface area contributed by atoms with Gasteiger partial charge in [-0.1, -0.05) is 44.2 Å². The number of hydrogen-bond donors (Lipinski definition) is 3. The summed E-state index contributed by atoms with van der Waals surface area (Å²) in [4.78, 5) is 17.9. The molecule has 0 heterocycles. The molecule has 2 rings (SSSR count). The van der Waals surface area contributed by atoms with Crippen molar-refractivity contribution in [3.8, 4) is 0 Å². The fourth-order valence-electron chi connectivity index (χ4n) is 2.84. The van der Waals surface area contributed by atoms with Gasteiger partial charge in [-0.2, -0.15) is 0 Å². The number of rotatable bonds is 8. The Bertz CT molecular complexity index is 791. The van der Waals surface area contributed by atoms with E-state index in [-0.39, 0.29) is 35.9 Å². The fraction of sp³-hybridized carbons (Fsp3) is 0.391. The summed E-state index contributed by atoms with van der Waals surface area (Å²) < 4.78 is 0. The fourth-order valence-corrected chi connectivity index (χ4v) is 2.84. The maximum atomic E-state index is 12.0. The molecule has 1 atom stereocenters. The Kier molecular flexibility index (Phi) is 11.2. The molecule has 0 bridgehead atoms. The van der Waals surface area contributed by atoms with E-state index < -0.39 is 0 Å². The van der Waals surface area contributed by atoms with Crippen molar-refractivity contribution in [1.29, 1.82) is 0 Å². The number of nitrogens with one attached hydrogen (secondary N) is 3. The van der Waals surface area contributed by atoms with Crippen LogP contribution < -0.4 is 16.0 Å². The average Bonchev–Trinajstić information content (AvgIpc) is 2.73. The first-order chi connectivity index (χ1) is 13.9. The molecule has 0 radical (unpaired) electrons. The number of guanidine groups is 1. The van der Waals surface area contributed by atoms with Gasteiger partial charge in [0.05, 0.1) is 0 Å². The van der Waals surface area contributed by atoms with Crippen LogP contribution in [0.5, 0.6) is 0 Å². The average molecular weight is 523 g/mol. The van der Waals surface area contributed by atoms with Gasteiger partial charge in [0.1, 0.15) is 0 Å². The lowest BCUT2D eigenvalue weighted by molar-refractivity contribution is 0.0827. The minimum absolute atomic E-state index is 0. The van der Waals surface area contributed by atoms with Crippen LogP contribution in [0.4, 0.5) is 5.69 Å². The lowest BCUT2D eigenvalue weighted by Gasteiger charge is -2.25. The van der Waals surface area contributed by atoms with E-state index in [0.717, 1.165) is 23.8 Å². The number of benzene rings is 2. The van der Waals surface area contributed by atoms with Crippen LogP contribution in [0.15, 0.2) is 59.6 Å². The molecule has 0 aliphatic heterocycles. The van der Waals surface area contributed by atoms with E-state index in [2.05, 4.69) is 46.9 Å². The Morgan fingerprint density at radius 1 is 1.00 bits per heavy atom. The minimum atomic E-state index is 0. The highest BCUT2D eigenvalue weighted by Crippen LogP contribution is 2.12. The van der Waals surface area contributed by atoms with Crippen molar-refractivity contribution in [1.82, 2.24) is 15.5 Å². The van der Waals surface area contributed by atoms with Gasteiger partial charge in [-0.05, 0) is 35.7 Å². The first-order valence-corrected chi connectivity index (χ1v) is 9.97. The van der Waals surface area contributed by atoms with Gasteiger partial charge >= 0.3 is 0 Å². The number of carbonyl (C=O) groups is 1. The second-order valence-corrected chi connectivity index (χ2v) is 7.56. The normalized spacial score (nSPS) is 12.0. The van der Waals surface area contributed by atoms with E-state index >= 15 is 0 Å². The van der Waals surface area contributed by atoms with Gasteiger partial charge < -0.3 is 20.9 Å². The van der Waals surface area contributed by atoms with Gasteiger partial charge in [-0.3, -0.25) is 9.79 Å². The number of carbonyl (C=O) groups excluding carboxylic acids is 1. The standard InChI is InChI=1S/C23H33N5O.HI/c1-17(2)21(27-20-9-7-6-8-10-20)16-26-23(24-3)25-15-18-11-13-19(14-12-18)22(29)28(4)5;/h6-14,17,21,27H,15-16H2,1-5H3,(H2,24,25,26);1H. The number of halogens is 1. The molecule has 1 unspecified atom stereocenters. The largest absolute Gasteiger partial charge is 0.380 e. The van der Waals surface area contributed by atoms with Crippen LogP contribution in [0.1, 0.15) is 29.8 Å². The highest BCUT2D eigenvalue weighted by molar-refractivity contribution is 14.0. The summed E-state index contributed by atoms with van der Waals surface area (Å²) in [5, 5.41) is 10.3. The smallest absolute Gasteiger partial charge is 0.253 e. The molecule has 3 N–H and O–H groups in total. The molecule has 0 fully saturated rings. The van der Waals surface area contributed by atoms with Crippen molar-refractivity contribution in [3.05, 3.63) is 65.7 Å². The van der Waals surface area contributed by atoms with Crippen molar-refractivity contribution in [2.75, 3.05) is 33.0 Å². The third-order valence-corrected chi connectivity index (χ3v) is 4.71. The molecular weight excluding hydrogens is 489 g/mol. The molecular formula is C23H34IN5O. The Morgan fingerprint density at radius 2 is 1.63 bits per heavy atom. The Balaban J connectivity index is 0.00000450. The zero-order chi connectivity index (χ0) is 21.2. The number of hydrogen-bond acceptors (Lipinski definition) is 3. The molecule has 0 spiro atoms. The van der Waals surface area contributed by atoms with Crippen LogP contribution in [0, 0.1) is 5.92 Å². The maximum absolute atomic E-state index is 12.0. The molecule has 164 valence electrons. The summed E-state index contributed by atoms with van der Waals surface area (Å²) in [7, 11) is 5.28. The van der Waals surface area contributed by atoms with Crippen molar-refractivity contribution >= 4 is 41.5 Å². The van der Waals surface area contributed by atoms with Gasteiger partial charge in [-0.15, -0.1) is 24.0 Å². The van der Waals surface area contributed by atoms with E-state index in [1.165, 1.54) is 0 Å². The third kappa shape index (κ3) is 8.22. The number of amides is 1. The molecule has 0 saturated carbocycles. The third-order valence-electron chi connectivity index (χ3n) is 4.71. The molecule has 1 amide bonds. The van der Waals surface area contributed by atoms with Crippen LogP contribution in [-0.2, 0) is 6.54 Å². The predicted octanol–water partition coefficient (Wildman–Crippen LogP) is 3.81. The van der Waals surface area contributed by atoms with Crippen molar-refractivity contribution < 1.29 is 4.79 Å². The summed E-state index contributed by atoms with van der Waals surface area (Å²) in [6.45, 7) is 5.79. The van der Waals surface area contributed by atoms with Crippen LogP contribution in [0.25, 0.3) is 0 Å². The predicted molar refractivity (Wildman–Crippen MR) is 137 cm³/mol. The quantitative estimate of drug-likeness (QED) is 0.280. The van der Waals surface area contributed by atoms with Crippen LogP contribution in [0.3, 0.4) is 0 Å². The zero-order valence-electron chi connectivity index (χ0n) is 18.5. The van der Waals surface area contributed by atoms with Crippen LogP contribution in [-0.4, -0.2) is 50.5 Å². The van der Waals surface area contributed by atoms with Crippen molar-refractivity contribution in [3.63, 3.8) is 0 Å². The van der Waals surface area contributed by atoms with Gasteiger partial charge in [-0.25, -0.2) is 0 Å². The lowest BCUT2D eigenvalue weighted by atomic mass is 10.0. The molecule has 7 heteroatoms. The number of aliphatic imine (C=N–C) groups is 1. The SMILES string of the molecule is CN=C(NCc1ccc(C(=O)N(C)C)cc1)NCC(Nc1ccccc1)C(C)C.I. The first kappa shape index (κ1) is 25.7. The number of para-hydroxylation sites is 1. The topological polar surface area (TPSA) is 68.8 Å². The summed E-state index contributed by atoms with van der Waals surface area (Å²) in [6, 6.07) is 18.1. The molecule has 0 saturated heterocycles. The van der Waals surface area contributed by atoms with Gasteiger partial charge in [0.2, 0.25) is 0 Å². The van der Waals surface area contributed by atoms with E-state index in [0.29, 0.717) is 18.0 Å². The molecule has 2 aromatic carbocycles. The highest BCUT2D eigenvalue weighted by atomic mass is 127. The number of nitrogens with zero attached hydrogens (tertiary/aromatic N) is 2. The van der Waals surface area contributed by atoms with E-state index in [1.54, 1.807) is 26.0 Å². The molecule has 0 aliphatic carbocycles. The summed E-state index contributed by atoms with van der Waals surface area (Å²) >= 11 is 0. The van der Waals surface area contributed by atoms with E-state index in [4.69, 9.17) is 0 Å². The zero-order valence-corrected chi connectivity index (χ0v) is 20.8. The van der Waals surface area contributed by atoms with Crippen LogP contribution in [0.2, 0.25) is 0 Å². The summed E-state index contributed by atoms with van der Waals surface area (Å²) in [6.07, 6.45) is 0.